The quantitative estimate of drug-likeness (QED) is 0.342. The standard InChI is InChI=1S/C19H16N4O5S/c1-12-9-17(22-28-12)21-18(24)11-29-16-4-2-3-14(10-16)20-19(25)13-5-7-15(8-6-13)23(26)27/h2-10H,11H2,1H3,(H,20,25)(H,21,22,24). The van der Waals surface area contributed by atoms with E-state index >= 15 is 0 Å². The van der Waals surface area contributed by atoms with Gasteiger partial charge in [-0.2, -0.15) is 0 Å². The smallest absolute Gasteiger partial charge is 0.269 e. The summed E-state index contributed by atoms with van der Waals surface area (Å²) < 4.78 is 4.89. The van der Waals surface area contributed by atoms with Gasteiger partial charge in [-0.25, -0.2) is 0 Å². The second-order valence-electron chi connectivity index (χ2n) is 5.95. The molecule has 0 bridgehead atoms. The summed E-state index contributed by atoms with van der Waals surface area (Å²) in [5, 5.41) is 19.8. The number of rotatable bonds is 7. The monoisotopic (exact) mass is 412 g/mol. The second kappa shape index (κ2) is 9.02. The summed E-state index contributed by atoms with van der Waals surface area (Å²) in [5.74, 6) is 0.498. The molecule has 0 aliphatic heterocycles. The number of nitro benzene ring substituents is 1. The zero-order valence-electron chi connectivity index (χ0n) is 15.2. The van der Waals surface area contributed by atoms with E-state index in [1.54, 1.807) is 31.2 Å². The van der Waals surface area contributed by atoms with E-state index in [-0.39, 0.29) is 23.3 Å². The Kier molecular flexibility index (Phi) is 6.25. The zero-order valence-corrected chi connectivity index (χ0v) is 16.1. The first kappa shape index (κ1) is 20.1. The van der Waals surface area contributed by atoms with E-state index < -0.39 is 4.92 Å². The number of thioether (sulfide) groups is 1. The number of nitrogens with zero attached hydrogens (tertiary/aromatic N) is 2. The number of benzene rings is 2. The van der Waals surface area contributed by atoms with Crippen molar-refractivity contribution in [3.05, 3.63) is 76.0 Å². The Balaban J connectivity index is 1.56. The Labute approximate surface area is 169 Å². The van der Waals surface area contributed by atoms with Gasteiger partial charge >= 0.3 is 0 Å². The van der Waals surface area contributed by atoms with Gasteiger partial charge in [0.25, 0.3) is 11.6 Å². The maximum Gasteiger partial charge on any atom is 0.269 e. The van der Waals surface area contributed by atoms with Gasteiger partial charge < -0.3 is 15.2 Å². The molecule has 2 N–H and O–H groups in total. The number of nitrogens with one attached hydrogen (secondary N) is 2. The molecule has 3 rings (SSSR count). The third-order valence-electron chi connectivity index (χ3n) is 3.70. The molecule has 1 heterocycles. The Bertz CT molecular complexity index is 1050. The van der Waals surface area contributed by atoms with E-state index in [0.29, 0.717) is 22.8 Å². The van der Waals surface area contributed by atoms with E-state index in [9.17, 15) is 19.7 Å². The second-order valence-corrected chi connectivity index (χ2v) is 6.99. The summed E-state index contributed by atoms with van der Waals surface area (Å²) in [5.41, 5.74) is 0.765. The van der Waals surface area contributed by atoms with Gasteiger partial charge in [0.15, 0.2) is 5.82 Å². The molecule has 0 spiro atoms. The first-order chi connectivity index (χ1) is 13.9. The third kappa shape index (κ3) is 5.66. The topological polar surface area (TPSA) is 127 Å². The maximum absolute atomic E-state index is 12.3. The average molecular weight is 412 g/mol. The molecule has 0 saturated heterocycles. The van der Waals surface area contributed by atoms with E-state index in [2.05, 4.69) is 15.8 Å². The van der Waals surface area contributed by atoms with Gasteiger partial charge in [-0.05, 0) is 37.3 Å². The predicted octanol–water partition coefficient (Wildman–Crippen LogP) is 3.87. The number of carbonyl (C=O) groups excluding carboxylic acids is 2. The molecule has 3 aromatic rings. The first-order valence-electron chi connectivity index (χ1n) is 8.42. The SMILES string of the molecule is Cc1cc(NC(=O)CSc2cccc(NC(=O)c3ccc([N+](=O)[O-])cc3)c2)no1. The van der Waals surface area contributed by atoms with Crippen molar-refractivity contribution in [2.45, 2.75) is 11.8 Å². The van der Waals surface area contributed by atoms with Gasteiger partial charge in [0.1, 0.15) is 5.76 Å². The van der Waals surface area contributed by atoms with Crippen LogP contribution in [-0.2, 0) is 4.79 Å². The largest absolute Gasteiger partial charge is 0.360 e. The van der Waals surface area contributed by atoms with Gasteiger partial charge in [-0.1, -0.05) is 11.2 Å². The Morgan fingerprint density at radius 2 is 1.90 bits per heavy atom. The fourth-order valence-electron chi connectivity index (χ4n) is 2.35. The summed E-state index contributed by atoms with van der Waals surface area (Å²) in [7, 11) is 0. The van der Waals surface area contributed by atoms with Crippen LogP contribution >= 0.6 is 11.8 Å². The fraction of sp³-hybridized carbons (Fsp3) is 0.105. The van der Waals surface area contributed by atoms with E-state index in [1.807, 2.05) is 6.07 Å². The normalized spacial score (nSPS) is 10.4. The molecule has 9 nitrogen and oxygen atoms in total. The number of carbonyl (C=O) groups is 2. The summed E-state index contributed by atoms with van der Waals surface area (Å²) in [6, 6.07) is 14.0. The van der Waals surface area contributed by atoms with Crippen molar-refractivity contribution in [1.29, 1.82) is 0 Å². The van der Waals surface area contributed by atoms with Crippen molar-refractivity contribution >= 4 is 40.8 Å². The van der Waals surface area contributed by atoms with Crippen molar-refractivity contribution in [2.24, 2.45) is 0 Å². The van der Waals surface area contributed by atoms with Gasteiger partial charge in [0.2, 0.25) is 5.91 Å². The number of hydrogen-bond donors (Lipinski definition) is 2. The Hall–Kier alpha value is -3.66. The lowest BCUT2D eigenvalue weighted by molar-refractivity contribution is -0.384. The van der Waals surface area contributed by atoms with Crippen LogP contribution in [0.3, 0.4) is 0 Å². The first-order valence-corrected chi connectivity index (χ1v) is 9.41. The molecule has 2 amide bonds. The van der Waals surface area contributed by atoms with Gasteiger partial charge in [0.05, 0.1) is 10.7 Å². The van der Waals surface area contributed by atoms with Gasteiger partial charge in [0, 0.05) is 34.3 Å². The van der Waals surface area contributed by atoms with E-state index in [0.717, 1.165) is 4.90 Å². The lowest BCUT2D eigenvalue weighted by Crippen LogP contribution is -2.14. The number of non-ortho nitro benzene ring substituents is 1. The van der Waals surface area contributed by atoms with Crippen molar-refractivity contribution < 1.29 is 19.0 Å². The average Bonchev–Trinajstić information content (AvgIpc) is 3.11. The molecule has 10 heteroatoms. The minimum Gasteiger partial charge on any atom is -0.360 e. The highest BCUT2D eigenvalue weighted by atomic mass is 32.2. The van der Waals surface area contributed by atoms with Crippen LogP contribution in [0, 0.1) is 17.0 Å². The summed E-state index contributed by atoms with van der Waals surface area (Å²) in [6.07, 6.45) is 0. The van der Waals surface area contributed by atoms with Crippen molar-refractivity contribution in [2.75, 3.05) is 16.4 Å². The van der Waals surface area contributed by atoms with Crippen molar-refractivity contribution in [1.82, 2.24) is 5.16 Å². The molecule has 0 saturated carbocycles. The minimum absolute atomic E-state index is 0.0843. The van der Waals surface area contributed by atoms with Crippen LogP contribution in [0.5, 0.6) is 0 Å². The number of nitro groups is 1. The lowest BCUT2D eigenvalue weighted by atomic mass is 10.2. The summed E-state index contributed by atoms with van der Waals surface area (Å²) in [6.45, 7) is 1.73. The van der Waals surface area contributed by atoms with E-state index in [4.69, 9.17) is 4.52 Å². The highest BCUT2D eigenvalue weighted by Gasteiger charge is 2.11. The molecule has 1 aromatic heterocycles. The molecule has 0 fully saturated rings. The molecule has 0 aliphatic carbocycles. The minimum atomic E-state index is -0.525. The highest BCUT2D eigenvalue weighted by Crippen LogP contribution is 2.22. The van der Waals surface area contributed by atoms with Crippen LogP contribution in [0.25, 0.3) is 0 Å². The molecule has 2 aromatic carbocycles. The van der Waals surface area contributed by atoms with Gasteiger partial charge in [-0.3, -0.25) is 19.7 Å². The zero-order chi connectivity index (χ0) is 20.8. The summed E-state index contributed by atoms with van der Waals surface area (Å²) in [4.78, 5) is 35.3. The van der Waals surface area contributed by atoms with Crippen LogP contribution in [0.15, 0.2) is 64.0 Å². The molecule has 29 heavy (non-hydrogen) atoms. The lowest BCUT2D eigenvalue weighted by Gasteiger charge is -2.07. The van der Waals surface area contributed by atoms with Crippen LogP contribution in [0.2, 0.25) is 0 Å². The Morgan fingerprint density at radius 3 is 2.55 bits per heavy atom. The fourth-order valence-corrected chi connectivity index (χ4v) is 3.11. The maximum atomic E-state index is 12.3. The Morgan fingerprint density at radius 1 is 1.14 bits per heavy atom. The molecular weight excluding hydrogens is 396 g/mol. The van der Waals surface area contributed by atoms with Crippen LogP contribution in [0.4, 0.5) is 17.2 Å². The number of hydrogen-bond acceptors (Lipinski definition) is 7. The molecule has 148 valence electrons. The van der Waals surface area contributed by atoms with Crippen LogP contribution < -0.4 is 10.6 Å². The number of amides is 2. The molecule has 0 unspecified atom stereocenters. The van der Waals surface area contributed by atoms with Crippen LogP contribution in [-0.4, -0.2) is 27.6 Å². The third-order valence-corrected chi connectivity index (χ3v) is 4.69. The number of aromatic nitrogens is 1. The molecule has 0 atom stereocenters. The molecule has 0 aliphatic rings. The van der Waals surface area contributed by atoms with Crippen molar-refractivity contribution in [3.63, 3.8) is 0 Å². The van der Waals surface area contributed by atoms with Crippen LogP contribution in [0.1, 0.15) is 16.1 Å². The van der Waals surface area contributed by atoms with E-state index in [1.165, 1.54) is 36.0 Å². The highest BCUT2D eigenvalue weighted by molar-refractivity contribution is 8.00. The van der Waals surface area contributed by atoms with Gasteiger partial charge in [-0.15, -0.1) is 11.8 Å². The predicted molar refractivity (Wildman–Crippen MR) is 108 cm³/mol. The number of anilines is 2. The number of aryl methyl sites for hydroxylation is 1. The summed E-state index contributed by atoms with van der Waals surface area (Å²) >= 11 is 1.30. The van der Waals surface area contributed by atoms with Crippen molar-refractivity contribution in [3.8, 4) is 0 Å². The molecular formula is C19H16N4O5S. The molecule has 0 radical (unpaired) electrons.